The van der Waals surface area contributed by atoms with Gasteiger partial charge in [0.05, 0.1) is 24.4 Å². The highest BCUT2D eigenvalue weighted by Gasteiger charge is 2.42. The molecule has 0 bridgehead atoms. The van der Waals surface area contributed by atoms with Crippen LogP contribution in [0.1, 0.15) is 85.5 Å². The summed E-state index contributed by atoms with van der Waals surface area (Å²) in [4.78, 5) is 24.0. The van der Waals surface area contributed by atoms with Crippen LogP contribution in [0, 0.1) is 17.8 Å². The molecule has 2 aliphatic rings. The fourth-order valence-electron chi connectivity index (χ4n) is 5.46. The van der Waals surface area contributed by atoms with Crippen LogP contribution in [0.25, 0.3) is 0 Å². The number of carbonyl (C=O) groups excluding carboxylic acids is 1. The molecule has 2 rings (SSSR count). The van der Waals surface area contributed by atoms with Gasteiger partial charge in [0, 0.05) is 19.1 Å². The standard InChI is InChI=1S/C26H42O8/c1-5-26(6-2,33-7-3)25(32)34-22-14-19(28)12-17-9-8-16(4)21(24(17)22)11-10-18(27)13-20(29)15-23(30)31/h14,16-18,20-21,27-29H,5-13,15H2,1-4H3,(H,30,31)/t16-,17?,18+,20+,21-/m0/s1. The highest BCUT2D eigenvalue weighted by molar-refractivity contribution is 5.81. The predicted octanol–water partition coefficient (Wildman–Crippen LogP) is 4.25. The molecule has 194 valence electrons. The fraction of sp³-hybridized carbons (Fsp3) is 0.769. The number of aliphatic hydroxyl groups is 3. The minimum Gasteiger partial charge on any atom is -0.512 e. The second-order valence-corrected chi connectivity index (χ2v) is 9.76. The second-order valence-electron chi connectivity index (χ2n) is 9.76. The Morgan fingerprint density at radius 3 is 2.41 bits per heavy atom. The Morgan fingerprint density at radius 1 is 1.15 bits per heavy atom. The maximum Gasteiger partial charge on any atom is 0.343 e. The van der Waals surface area contributed by atoms with Crippen LogP contribution in [-0.2, 0) is 19.1 Å². The molecule has 0 aromatic rings. The molecule has 1 fully saturated rings. The van der Waals surface area contributed by atoms with Gasteiger partial charge in [0.15, 0.2) is 5.60 Å². The van der Waals surface area contributed by atoms with Crippen molar-refractivity contribution in [3.63, 3.8) is 0 Å². The molecular weight excluding hydrogens is 440 g/mol. The summed E-state index contributed by atoms with van der Waals surface area (Å²) in [6.45, 7) is 8.15. The molecule has 4 N–H and O–H groups in total. The summed E-state index contributed by atoms with van der Waals surface area (Å²) in [5.74, 6) is -0.580. The number of fused-ring (bicyclic) bond motifs is 1. The summed E-state index contributed by atoms with van der Waals surface area (Å²) in [5, 5.41) is 39.5. The Bertz CT molecular complexity index is 767. The molecule has 1 saturated carbocycles. The number of hydrogen-bond donors (Lipinski definition) is 4. The van der Waals surface area contributed by atoms with Crippen LogP contribution in [0.15, 0.2) is 23.2 Å². The normalized spacial score (nSPS) is 24.8. The molecule has 0 radical (unpaired) electrons. The smallest absolute Gasteiger partial charge is 0.343 e. The van der Waals surface area contributed by atoms with Crippen molar-refractivity contribution in [3.05, 3.63) is 23.2 Å². The largest absolute Gasteiger partial charge is 0.512 e. The zero-order valence-corrected chi connectivity index (χ0v) is 21.0. The Morgan fingerprint density at radius 2 is 1.82 bits per heavy atom. The first kappa shape index (κ1) is 28.3. The number of rotatable bonds is 13. The Labute approximate surface area is 202 Å². The number of carbonyl (C=O) groups is 2. The third-order valence-electron chi connectivity index (χ3n) is 7.44. The molecule has 0 aromatic heterocycles. The van der Waals surface area contributed by atoms with Gasteiger partial charge in [0.1, 0.15) is 5.76 Å². The Kier molecular flexibility index (Phi) is 10.6. The minimum atomic E-state index is -1.10. The first-order valence-corrected chi connectivity index (χ1v) is 12.6. The van der Waals surface area contributed by atoms with E-state index in [1.54, 1.807) is 6.08 Å². The van der Waals surface area contributed by atoms with Crippen molar-refractivity contribution in [3.8, 4) is 0 Å². The molecule has 2 aliphatic carbocycles. The molecule has 5 atom stereocenters. The average Bonchev–Trinajstić information content (AvgIpc) is 2.76. The lowest BCUT2D eigenvalue weighted by atomic mass is 9.66. The van der Waals surface area contributed by atoms with E-state index in [1.165, 1.54) is 0 Å². The lowest BCUT2D eigenvalue weighted by Gasteiger charge is -2.40. The Hall–Kier alpha value is -1.90. The summed E-state index contributed by atoms with van der Waals surface area (Å²) in [6.07, 6.45) is 3.52. The van der Waals surface area contributed by atoms with Crippen molar-refractivity contribution in [2.24, 2.45) is 17.8 Å². The predicted molar refractivity (Wildman–Crippen MR) is 127 cm³/mol. The van der Waals surface area contributed by atoms with E-state index in [9.17, 15) is 24.9 Å². The molecule has 0 heterocycles. The molecule has 0 spiro atoms. The van der Waals surface area contributed by atoms with Crippen LogP contribution in [0.3, 0.4) is 0 Å². The number of carboxylic acid groups (broad SMARTS) is 1. The third kappa shape index (κ3) is 7.06. The molecule has 0 aromatic carbocycles. The van der Waals surface area contributed by atoms with Gasteiger partial charge in [-0.15, -0.1) is 0 Å². The summed E-state index contributed by atoms with van der Waals surface area (Å²) in [6, 6.07) is 0. The van der Waals surface area contributed by atoms with Crippen LogP contribution >= 0.6 is 0 Å². The summed E-state index contributed by atoms with van der Waals surface area (Å²) in [7, 11) is 0. The van der Waals surface area contributed by atoms with Crippen molar-refractivity contribution in [2.75, 3.05) is 6.61 Å². The van der Waals surface area contributed by atoms with E-state index in [4.69, 9.17) is 14.6 Å². The van der Waals surface area contributed by atoms with E-state index in [-0.39, 0.29) is 24.0 Å². The second kappa shape index (κ2) is 12.7. The SMILES string of the molecule is CCOC(CC)(CC)C(=O)OC1=C2C(CC[C@H](C)[C@@H]2CC[C@@H](O)C[C@@H](O)CC(=O)O)CC(O)=C1. The monoisotopic (exact) mass is 482 g/mol. The third-order valence-corrected chi connectivity index (χ3v) is 7.44. The van der Waals surface area contributed by atoms with Crippen molar-refractivity contribution in [1.82, 2.24) is 0 Å². The van der Waals surface area contributed by atoms with Crippen LogP contribution in [0.5, 0.6) is 0 Å². The molecule has 8 nitrogen and oxygen atoms in total. The van der Waals surface area contributed by atoms with E-state index in [2.05, 4.69) is 6.92 Å². The highest BCUT2D eigenvalue weighted by atomic mass is 16.6. The van der Waals surface area contributed by atoms with Gasteiger partial charge in [-0.05, 0) is 75.2 Å². The van der Waals surface area contributed by atoms with Crippen molar-refractivity contribution < 1.29 is 39.5 Å². The van der Waals surface area contributed by atoms with Crippen molar-refractivity contribution in [2.45, 2.75) is 103 Å². The first-order valence-electron chi connectivity index (χ1n) is 12.6. The minimum absolute atomic E-state index is 0.00227. The molecule has 0 aliphatic heterocycles. The topological polar surface area (TPSA) is 134 Å². The number of ether oxygens (including phenoxy) is 2. The quantitative estimate of drug-likeness (QED) is 0.286. The first-order chi connectivity index (χ1) is 16.1. The van der Waals surface area contributed by atoms with Gasteiger partial charge >= 0.3 is 11.9 Å². The molecule has 8 heteroatoms. The van der Waals surface area contributed by atoms with Gasteiger partial charge in [-0.25, -0.2) is 4.79 Å². The van der Waals surface area contributed by atoms with Gasteiger partial charge < -0.3 is 29.9 Å². The molecule has 0 amide bonds. The number of hydrogen-bond acceptors (Lipinski definition) is 7. The molecule has 1 unspecified atom stereocenters. The van der Waals surface area contributed by atoms with Gasteiger partial charge in [0.2, 0.25) is 0 Å². The van der Waals surface area contributed by atoms with Gasteiger partial charge in [-0.1, -0.05) is 20.8 Å². The fourth-order valence-corrected chi connectivity index (χ4v) is 5.46. The van der Waals surface area contributed by atoms with Gasteiger partial charge in [0.25, 0.3) is 0 Å². The Balaban J connectivity index is 2.26. The lowest BCUT2D eigenvalue weighted by molar-refractivity contribution is -0.169. The van der Waals surface area contributed by atoms with Crippen LogP contribution in [0.4, 0.5) is 0 Å². The average molecular weight is 483 g/mol. The molecular formula is C26H42O8. The van der Waals surface area contributed by atoms with Gasteiger partial charge in [-0.2, -0.15) is 0 Å². The van der Waals surface area contributed by atoms with Crippen LogP contribution in [-0.4, -0.2) is 56.8 Å². The van der Waals surface area contributed by atoms with Crippen LogP contribution in [0.2, 0.25) is 0 Å². The lowest BCUT2D eigenvalue weighted by Crippen LogP contribution is -2.42. The van der Waals surface area contributed by atoms with E-state index >= 15 is 0 Å². The number of aliphatic hydroxyl groups excluding tert-OH is 3. The highest BCUT2D eigenvalue weighted by Crippen LogP contribution is 2.47. The zero-order chi connectivity index (χ0) is 25.5. The summed E-state index contributed by atoms with van der Waals surface area (Å²) < 4.78 is 11.7. The van der Waals surface area contributed by atoms with E-state index in [0.717, 1.165) is 18.4 Å². The number of carboxylic acids is 1. The zero-order valence-electron chi connectivity index (χ0n) is 21.0. The van der Waals surface area contributed by atoms with Crippen molar-refractivity contribution in [1.29, 1.82) is 0 Å². The van der Waals surface area contributed by atoms with Crippen molar-refractivity contribution >= 4 is 11.9 Å². The van der Waals surface area contributed by atoms with E-state index < -0.39 is 36.2 Å². The summed E-state index contributed by atoms with van der Waals surface area (Å²) >= 11 is 0. The van der Waals surface area contributed by atoms with Crippen LogP contribution < -0.4 is 0 Å². The number of esters is 1. The van der Waals surface area contributed by atoms with E-state index in [1.807, 2.05) is 20.8 Å². The molecule has 0 saturated heterocycles. The van der Waals surface area contributed by atoms with Gasteiger partial charge in [-0.3, -0.25) is 4.79 Å². The molecule has 34 heavy (non-hydrogen) atoms. The summed E-state index contributed by atoms with van der Waals surface area (Å²) in [5.41, 5.74) is -0.0360. The maximum atomic E-state index is 13.2. The maximum absolute atomic E-state index is 13.2. The van der Waals surface area contributed by atoms with E-state index in [0.29, 0.717) is 50.4 Å². The number of allylic oxidation sites excluding steroid dienone is 3. The number of aliphatic carboxylic acids is 1.